The van der Waals surface area contributed by atoms with Gasteiger partial charge in [-0.1, -0.05) is 48.0 Å². The molecule has 2 aliphatic rings. The Bertz CT molecular complexity index is 865. The van der Waals surface area contributed by atoms with Gasteiger partial charge in [-0.05, 0) is 69.3 Å². The minimum Gasteiger partial charge on any atom is -0.352 e. The van der Waals surface area contributed by atoms with E-state index in [-0.39, 0.29) is 17.9 Å². The van der Waals surface area contributed by atoms with Crippen LogP contribution in [-0.2, 0) is 4.79 Å². The Labute approximate surface area is 185 Å². The second-order valence-corrected chi connectivity index (χ2v) is 8.96. The Morgan fingerprint density at radius 2 is 1.52 bits per heavy atom. The van der Waals surface area contributed by atoms with Crippen molar-refractivity contribution in [3.05, 3.63) is 71.3 Å². The summed E-state index contributed by atoms with van der Waals surface area (Å²) in [7, 11) is 0. The Balaban J connectivity index is 1.17. The maximum Gasteiger partial charge on any atom is 0.253 e. The quantitative estimate of drug-likeness (QED) is 0.806. The van der Waals surface area contributed by atoms with Gasteiger partial charge < -0.3 is 10.2 Å². The highest BCUT2D eigenvalue weighted by Gasteiger charge is 2.26. The fraction of sp³-hybridized carbons (Fsp3) is 0.462. The topological polar surface area (TPSA) is 52.7 Å². The molecule has 2 aromatic carbocycles. The first-order chi connectivity index (χ1) is 15.1. The number of nitrogens with one attached hydrogen (secondary N) is 1. The van der Waals surface area contributed by atoms with Crippen molar-refractivity contribution in [1.82, 2.24) is 15.1 Å². The van der Waals surface area contributed by atoms with E-state index in [0.29, 0.717) is 25.6 Å². The Kier molecular flexibility index (Phi) is 7.03. The number of hydrogen-bond acceptors (Lipinski definition) is 3. The molecule has 5 nitrogen and oxygen atoms in total. The van der Waals surface area contributed by atoms with Crippen LogP contribution in [0.5, 0.6) is 0 Å². The second kappa shape index (κ2) is 10.1. The molecule has 2 aliphatic heterocycles. The van der Waals surface area contributed by atoms with E-state index < -0.39 is 0 Å². The van der Waals surface area contributed by atoms with Crippen molar-refractivity contribution >= 4 is 11.8 Å². The molecule has 164 valence electrons. The van der Waals surface area contributed by atoms with Crippen molar-refractivity contribution in [3.8, 4) is 0 Å². The van der Waals surface area contributed by atoms with E-state index in [0.717, 1.165) is 49.9 Å². The zero-order valence-corrected chi connectivity index (χ0v) is 18.4. The number of aryl methyl sites for hydroxylation is 1. The van der Waals surface area contributed by atoms with Crippen molar-refractivity contribution in [3.63, 3.8) is 0 Å². The summed E-state index contributed by atoms with van der Waals surface area (Å²) < 4.78 is 0. The van der Waals surface area contributed by atoms with Crippen LogP contribution in [0.2, 0.25) is 0 Å². The molecule has 0 unspecified atom stereocenters. The van der Waals surface area contributed by atoms with Crippen molar-refractivity contribution in [2.75, 3.05) is 32.7 Å². The maximum absolute atomic E-state index is 12.7. The van der Waals surface area contributed by atoms with Gasteiger partial charge in [0.2, 0.25) is 5.91 Å². The number of nitrogens with zero attached hydrogens (tertiary/aromatic N) is 2. The van der Waals surface area contributed by atoms with Gasteiger partial charge in [-0.25, -0.2) is 0 Å². The van der Waals surface area contributed by atoms with E-state index in [1.54, 1.807) is 0 Å². The van der Waals surface area contributed by atoms with Gasteiger partial charge in [0, 0.05) is 24.7 Å². The van der Waals surface area contributed by atoms with E-state index in [9.17, 15) is 9.59 Å². The van der Waals surface area contributed by atoms with Crippen molar-refractivity contribution < 1.29 is 9.59 Å². The summed E-state index contributed by atoms with van der Waals surface area (Å²) in [4.78, 5) is 29.4. The molecule has 0 radical (unpaired) electrons. The minimum absolute atomic E-state index is 0.0889. The fourth-order valence-corrected chi connectivity index (χ4v) is 4.73. The molecule has 5 heteroatoms. The lowest BCUT2D eigenvalue weighted by atomic mass is 9.89. The minimum atomic E-state index is 0.0889. The second-order valence-electron chi connectivity index (χ2n) is 8.96. The smallest absolute Gasteiger partial charge is 0.253 e. The molecular weight excluding hydrogens is 386 g/mol. The van der Waals surface area contributed by atoms with E-state index in [4.69, 9.17) is 0 Å². The van der Waals surface area contributed by atoms with Gasteiger partial charge in [0.25, 0.3) is 5.91 Å². The first-order valence-corrected chi connectivity index (χ1v) is 11.5. The van der Waals surface area contributed by atoms with Crippen molar-refractivity contribution in [1.29, 1.82) is 0 Å². The van der Waals surface area contributed by atoms with Crippen LogP contribution >= 0.6 is 0 Å². The van der Waals surface area contributed by atoms with Crippen LogP contribution in [0.4, 0.5) is 0 Å². The highest BCUT2D eigenvalue weighted by Crippen LogP contribution is 2.27. The zero-order valence-electron chi connectivity index (χ0n) is 18.4. The summed E-state index contributed by atoms with van der Waals surface area (Å²) in [6, 6.07) is 18.6. The van der Waals surface area contributed by atoms with Gasteiger partial charge in [-0.2, -0.15) is 0 Å². The third-order valence-electron chi connectivity index (χ3n) is 6.67. The molecule has 0 saturated carbocycles. The summed E-state index contributed by atoms with van der Waals surface area (Å²) in [5.41, 5.74) is 3.31. The van der Waals surface area contributed by atoms with Crippen molar-refractivity contribution in [2.24, 2.45) is 0 Å². The normalized spacial score (nSPS) is 18.7. The number of piperidine rings is 2. The Hall–Kier alpha value is -2.66. The summed E-state index contributed by atoms with van der Waals surface area (Å²) in [5, 5.41) is 3.20. The highest BCUT2D eigenvalue weighted by atomic mass is 16.2. The molecule has 2 fully saturated rings. The molecule has 2 saturated heterocycles. The number of amides is 2. The average molecular weight is 420 g/mol. The van der Waals surface area contributed by atoms with Gasteiger partial charge in [-0.3, -0.25) is 14.5 Å². The number of benzene rings is 2. The van der Waals surface area contributed by atoms with E-state index in [1.165, 1.54) is 5.56 Å². The first kappa shape index (κ1) is 21.6. The van der Waals surface area contributed by atoms with Gasteiger partial charge in [-0.15, -0.1) is 0 Å². The lowest BCUT2D eigenvalue weighted by Crippen LogP contribution is -2.49. The van der Waals surface area contributed by atoms with Crippen LogP contribution in [-0.4, -0.2) is 60.4 Å². The van der Waals surface area contributed by atoms with Crippen molar-refractivity contribution in [2.45, 2.75) is 44.6 Å². The standard InChI is InChI=1S/C26H33N3O2/c1-20-7-9-23(10-8-20)26(31)29-17-13-24(14-18-29)27-25(30)19-28-15-11-22(12-16-28)21-5-3-2-4-6-21/h2-10,22,24H,11-19H2,1H3,(H,27,30). The fourth-order valence-electron chi connectivity index (χ4n) is 4.73. The van der Waals surface area contributed by atoms with Crippen LogP contribution in [0, 0.1) is 6.92 Å². The number of carbonyl (C=O) groups excluding carboxylic acids is 2. The van der Waals surface area contributed by atoms with E-state index in [1.807, 2.05) is 36.1 Å². The molecule has 0 bridgehead atoms. The van der Waals surface area contributed by atoms with Crippen LogP contribution in [0.1, 0.15) is 53.1 Å². The highest BCUT2D eigenvalue weighted by molar-refractivity contribution is 5.94. The third kappa shape index (κ3) is 5.73. The molecule has 31 heavy (non-hydrogen) atoms. The molecule has 1 N–H and O–H groups in total. The SMILES string of the molecule is Cc1ccc(C(=O)N2CCC(NC(=O)CN3CCC(c4ccccc4)CC3)CC2)cc1. The molecule has 2 amide bonds. The maximum atomic E-state index is 12.7. The Morgan fingerprint density at radius 3 is 2.16 bits per heavy atom. The lowest BCUT2D eigenvalue weighted by molar-refractivity contribution is -0.123. The molecule has 0 spiro atoms. The first-order valence-electron chi connectivity index (χ1n) is 11.5. The number of carbonyl (C=O) groups is 2. The van der Waals surface area contributed by atoms with Crippen LogP contribution in [0.15, 0.2) is 54.6 Å². The molecule has 2 heterocycles. The van der Waals surface area contributed by atoms with Gasteiger partial charge in [0.1, 0.15) is 0 Å². The summed E-state index contributed by atoms with van der Waals surface area (Å²) in [6.45, 7) is 5.82. The van der Waals surface area contributed by atoms with E-state index >= 15 is 0 Å². The number of hydrogen-bond donors (Lipinski definition) is 1. The lowest BCUT2D eigenvalue weighted by Gasteiger charge is -2.34. The average Bonchev–Trinajstić information content (AvgIpc) is 2.81. The molecule has 0 atom stereocenters. The van der Waals surface area contributed by atoms with Crippen LogP contribution in [0.3, 0.4) is 0 Å². The predicted octanol–water partition coefficient (Wildman–Crippen LogP) is 3.60. The molecule has 2 aromatic rings. The molecule has 0 aliphatic carbocycles. The number of likely N-dealkylation sites (tertiary alicyclic amines) is 2. The largest absolute Gasteiger partial charge is 0.352 e. The summed E-state index contributed by atoms with van der Waals surface area (Å²) >= 11 is 0. The van der Waals surface area contributed by atoms with Gasteiger partial charge in [0.15, 0.2) is 0 Å². The van der Waals surface area contributed by atoms with Gasteiger partial charge >= 0.3 is 0 Å². The zero-order chi connectivity index (χ0) is 21.6. The summed E-state index contributed by atoms with van der Waals surface area (Å²) in [5.74, 6) is 0.809. The van der Waals surface area contributed by atoms with E-state index in [2.05, 4.69) is 40.5 Å². The van der Waals surface area contributed by atoms with Crippen LogP contribution in [0.25, 0.3) is 0 Å². The summed E-state index contributed by atoms with van der Waals surface area (Å²) in [6.07, 6.45) is 3.85. The number of rotatable bonds is 5. The monoisotopic (exact) mass is 419 g/mol. The third-order valence-corrected chi connectivity index (χ3v) is 6.67. The molecule has 0 aromatic heterocycles. The Morgan fingerprint density at radius 1 is 0.871 bits per heavy atom. The van der Waals surface area contributed by atoms with Crippen LogP contribution < -0.4 is 5.32 Å². The van der Waals surface area contributed by atoms with Gasteiger partial charge in [0.05, 0.1) is 6.54 Å². The molecular formula is C26H33N3O2. The molecule has 4 rings (SSSR count). The predicted molar refractivity (Wildman–Crippen MR) is 123 cm³/mol.